The highest BCUT2D eigenvalue weighted by molar-refractivity contribution is 7.84. The molecule has 4 heteroatoms. The second kappa shape index (κ2) is 6.20. The van der Waals surface area contributed by atoms with Crippen molar-refractivity contribution in [2.45, 2.75) is 4.90 Å². The van der Waals surface area contributed by atoms with E-state index in [2.05, 4.69) is 4.98 Å². The Hall–Kier alpha value is -2.33. The van der Waals surface area contributed by atoms with E-state index in [0.29, 0.717) is 0 Å². The topological polar surface area (TPSA) is 30.0 Å². The summed E-state index contributed by atoms with van der Waals surface area (Å²) >= 11 is 0. The third kappa shape index (κ3) is 2.97. The molecule has 2 aromatic carbocycles. The molecule has 0 aliphatic carbocycles. The largest absolute Gasteiger partial charge is 0.256 e. The van der Waals surface area contributed by atoms with Gasteiger partial charge in [0.25, 0.3) is 0 Å². The molecule has 0 aliphatic heterocycles. The average molecular weight is 311 g/mol. The standard InChI is InChI=1S/C18H14FNOS/c1-22(21)16-9-7-13(8-10-16)17-6-3-11-20-18(17)14-4-2-5-15(19)12-14/h2-12H,1H3. The molecule has 0 aliphatic rings. The predicted octanol–water partition coefficient (Wildman–Crippen LogP) is 4.29. The summed E-state index contributed by atoms with van der Waals surface area (Å²) in [7, 11) is -1.00. The zero-order chi connectivity index (χ0) is 15.5. The summed E-state index contributed by atoms with van der Waals surface area (Å²) in [6, 6.07) is 17.7. The number of pyridine rings is 1. The Morgan fingerprint density at radius 2 is 1.73 bits per heavy atom. The van der Waals surface area contributed by atoms with Crippen LogP contribution in [0.25, 0.3) is 22.4 Å². The van der Waals surface area contributed by atoms with Gasteiger partial charge in [0.1, 0.15) is 5.82 Å². The molecule has 1 aromatic heterocycles. The number of rotatable bonds is 3. The first-order valence-corrected chi connectivity index (χ1v) is 8.36. The third-order valence-corrected chi connectivity index (χ3v) is 4.34. The molecule has 0 saturated heterocycles. The van der Waals surface area contributed by atoms with Gasteiger partial charge in [-0.05, 0) is 35.9 Å². The first-order chi connectivity index (χ1) is 10.6. The monoisotopic (exact) mass is 311 g/mol. The normalized spacial score (nSPS) is 12.1. The molecule has 0 saturated carbocycles. The minimum Gasteiger partial charge on any atom is -0.256 e. The fourth-order valence-electron chi connectivity index (χ4n) is 2.33. The van der Waals surface area contributed by atoms with Gasteiger partial charge in [-0.1, -0.05) is 30.3 Å². The number of hydrogen-bond acceptors (Lipinski definition) is 2. The number of nitrogens with zero attached hydrogens (tertiary/aromatic N) is 1. The second-order valence-electron chi connectivity index (χ2n) is 4.89. The van der Waals surface area contributed by atoms with Crippen molar-refractivity contribution >= 4 is 10.8 Å². The molecule has 110 valence electrons. The number of benzene rings is 2. The quantitative estimate of drug-likeness (QED) is 0.722. The molecule has 0 fully saturated rings. The molecule has 0 radical (unpaired) electrons. The molecule has 0 spiro atoms. The minimum atomic E-state index is -1.00. The summed E-state index contributed by atoms with van der Waals surface area (Å²) in [6.45, 7) is 0. The zero-order valence-electron chi connectivity index (χ0n) is 12.0. The van der Waals surface area contributed by atoms with Crippen molar-refractivity contribution in [3.8, 4) is 22.4 Å². The van der Waals surface area contributed by atoms with Crippen LogP contribution in [0.2, 0.25) is 0 Å². The van der Waals surface area contributed by atoms with Crippen molar-refractivity contribution in [1.29, 1.82) is 0 Å². The van der Waals surface area contributed by atoms with E-state index >= 15 is 0 Å². The van der Waals surface area contributed by atoms with Gasteiger partial charge < -0.3 is 0 Å². The van der Waals surface area contributed by atoms with Gasteiger partial charge >= 0.3 is 0 Å². The lowest BCUT2D eigenvalue weighted by Gasteiger charge is -2.09. The average Bonchev–Trinajstić information content (AvgIpc) is 2.55. The van der Waals surface area contributed by atoms with Crippen LogP contribution >= 0.6 is 0 Å². The fraction of sp³-hybridized carbons (Fsp3) is 0.0556. The number of aromatic nitrogens is 1. The van der Waals surface area contributed by atoms with Crippen LogP contribution in [-0.2, 0) is 10.8 Å². The summed E-state index contributed by atoms with van der Waals surface area (Å²) in [5, 5.41) is 0. The van der Waals surface area contributed by atoms with E-state index in [1.54, 1.807) is 18.5 Å². The lowest BCUT2D eigenvalue weighted by molar-refractivity contribution is 0.628. The van der Waals surface area contributed by atoms with E-state index in [1.807, 2.05) is 42.5 Å². The van der Waals surface area contributed by atoms with Gasteiger partial charge in [-0.2, -0.15) is 0 Å². The molecule has 3 rings (SSSR count). The molecule has 0 bridgehead atoms. The van der Waals surface area contributed by atoms with E-state index < -0.39 is 10.8 Å². The molecule has 2 nitrogen and oxygen atoms in total. The first kappa shape index (κ1) is 14.6. The van der Waals surface area contributed by atoms with Crippen LogP contribution in [0.4, 0.5) is 4.39 Å². The Morgan fingerprint density at radius 1 is 0.955 bits per heavy atom. The first-order valence-electron chi connectivity index (χ1n) is 6.80. The third-order valence-electron chi connectivity index (χ3n) is 3.40. The summed E-state index contributed by atoms with van der Waals surface area (Å²) in [4.78, 5) is 5.18. The highest BCUT2D eigenvalue weighted by Gasteiger charge is 2.09. The number of hydrogen-bond donors (Lipinski definition) is 0. The van der Waals surface area contributed by atoms with Crippen molar-refractivity contribution in [2.24, 2.45) is 0 Å². The molecule has 0 N–H and O–H groups in total. The van der Waals surface area contributed by atoms with Crippen LogP contribution in [0.1, 0.15) is 0 Å². The van der Waals surface area contributed by atoms with Crippen LogP contribution in [0, 0.1) is 5.82 Å². The minimum absolute atomic E-state index is 0.286. The molecule has 1 atom stereocenters. The van der Waals surface area contributed by atoms with Crippen molar-refractivity contribution in [2.75, 3.05) is 6.26 Å². The summed E-state index contributed by atoms with van der Waals surface area (Å²) in [5.41, 5.74) is 3.34. The van der Waals surface area contributed by atoms with Gasteiger partial charge in [-0.25, -0.2) is 4.39 Å². The summed E-state index contributed by atoms with van der Waals surface area (Å²) in [5.74, 6) is -0.286. The Balaban J connectivity index is 2.10. The molecule has 0 amide bonds. The van der Waals surface area contributed by atoms with Crippen LogP contribution in [-0.4, -0.2) is 15.4 Å². The van der Waals surface area contributed by atoms with E-state index in [1.165, 1.54) is 12.1 Å². The second-order valence-corrected chi connectivity index (χ2v) is 6.27. The summed E-state index contributed by atoms with van der Waals surface area (Å²) in [6.07, 6.45) is 3.34. The Bertz CT molecular complexity index is 831. The van der Waals surface area contributed by atoms with Crippen molar-refractivity contribution in [3.63, 3.8) is 0 Å². The summed E-state index contributed by atoms with van der Waals surface area (Å²) < 4.78 is 24.9. The van der Waals surface area contributed by atoms with Crippen LogP contribution in [0.15, 0.2) is 71.8 Å². The van der Waals surface area contributed by atoms with E-state index in [0.717, 1.165) is 27.3 Å². The highest BCUT2D eigenvalue weighted by atomic mass is 32.2. The van der Waals surface area contributed by atoms with Crippen molar-refractivity contribution in [1.82, 2.24) is 4.98 Å². The maximum atomic E-state index is 13.5. The smallest absolute Gasteiger partial charge is 0.123 e. The van der Waals surface area contributed by atoms with Gasteiger partial charge in [-0.3, -0.25) is 9.19 Å². The molecule has 22 heavy (non-hydrogen) atoms. The van der Waals surface area contributed by atoms with Crippen LogP contribution < -0.4 is 0 Å². The van der Waals surface area contributed by atoms with Crippen molar-refractivity contribution in [3.05, 3.63) is 72.7 Å². The number of halogens is 1. The lowest BCUT2D eigenvalue weighted by atomic mass is 9.99. The predicted molar refractivity (Wildman–Crippen MR) is 87.4 cm³/mol. The molecular formula is C18H14FNOS. The van der Waals surface area contributed by atoms with Gasteiger partial charge in [0.15, 0.2) is 0 Å². The molecular weight excluding hydrogens is 297 g/mol. The van der Waals surface area contributed by atoms with Gasteiger partial charge in [0.05, 0.1) is 5.69 Å². The lowest BCUT2D eigenvalue weighted by Crippen LogP contribution is -1.91. The SMILES string of the molecule is CS(=O)c1ccc(-c2cccnc2-c2cccc(F)c2)cc1. The maximum Gasteiger partial charge on any atom is 0.123 e. The fourth-order valence-corrected chi connectivity index (χ4v) is 2.85. The Kier molecular flexibility index (Phi) is 4.11. The van der Waals surface area contributed by atoms with Crippen molar-refractivity contribution < 1.29 is 8.60 Å². The zero-order valence-corrected chi connectivity index (χ0v) is 12.8. The molecule has 3 aromatic rings. The van der Waals surface area contributed by atoms with Gasteiger partial charge in [0.2, 0.25) is 0 Å². The van der Waals surface area contributed by atoms with E-state index in [-0.39, 0.29) is 5.82 Å². The van der Waals surface area contributed by atoms with E-state index in [4.69, 9.17) is 0 Å². The van der Waals surface area contributed by atoms with E-state index in [9.17, 15) is 8.60 Å². The van der Waals surface area contributed by atoms with Gasteiger partial charge in [0, 0.05) is 39.3 Å². The van der Waals surface area contributed by atoms with Gasteiger partial charge in [-0.15, -0.1) is 0 Å². The Morgan fingerprint density at radius 3 is 2.41 bits per heavy atom. The van der Waals surface area contributed by atoms with Crippen LogP contribution in [0.5, 0.6) is 0 Å². The Labute approximate surface area is 131 Å². The molecule has 1 heterocycles. The molecule has 1 unspecified atom stereocenters. The highest BCUT2D eigenvalue weighted by Crippen LogP contribution is 2.30. The maximum absolute atomic E-state index is 13.5. The van der Waals surface area contributed by atoms with Crippen LogP contribution in [0.3, 0.4) is 0 Å².